The molecule has 7 rings (SSSR count). The van der Waals surface area contributed by atoms with E-state index < -0.39 is 24.2 Å². The number of hydrogen-bond donors (Lipinski definition) is 3. The van der Waals surface area contributed by atoms with Gasteiger partial charge in [-0.2, -0.15) is 5.10 Å². The topological polar surface area (TPSA) is 118 Å². The van der Waals surface area contributed by atoms with Gasteiger partial charge in [0.1, 0.15) is 12.3 Å². The van der Waals surface area contributed by atoms with E-state index in [0.29, 0.717) is 23.9 Å². The molecule has 0 radical (unpaired) electrons. The lowest BCUT2D eigenvalue weighted by Crippen LogP contribution is -2.68. The number of anilines is 2. The SMILES string of the molecule is COCc1cn2c(Nc3cc([C@H]4C[C@@H](F)[C@@H](OC(=O)NC56CC(C5)C6)C4)[nH]n3)ncc(F)c2n1. The number of methoxy groups -OCH3 is 1. The maximum absolute atomic E-state index is 14.6. The lowest BCUT2D eigenvalue weighted by atomic mass is 9.50. The molecule has 0 aliphatic heterocycles. The van der Waals surface area contributed by atoms with Gasteiger partial charge in [0.2, 0.25) is 5.95 Å². The first-order valence-corrected chi connectivity index (χ1v) is 11.4. The molecule has 3 heterocycles. The first kappa shape index (κ1) is 21.3. The summed E-state index contributed by atoms with van der Waals surface area (Å²) in [5, 5.41) is 13.1. The molecule has 4 fully saturated rings. The third-order valence-corrected chi connectivity index (χ3v) is 7.16. The molecule has 4 saturated carbocycles. The fourth-order valence-electron chi connectivity index (χ4n) is 5.37. The molecule has 4 aliphatic rings. The summed E-state index contributed by atoms with van der Waals surface area (Å²) in [5.41, 5.74) is 1.30. The average Bonchev–Trinajstić information content (AvgIpc) is 3.46. The smallest absolute Gasteiger partial charge is 0.407 e. The molecular weight excluding hydrogens is 448 g/mol. The molecule has 10 nitrogen and oxygen atoms in total. The van der Waals surface area contributed by atoms with E-state index >= 15 is 0 Å². The molecule has 0 spiro atoms. The highest BCUT2D eigenvalue weighted by Gasteiger charge is 2.58. The molecule has 2 bridgehead atoms. The Bertz CT molecular complexity index is 1230. The summed E-state index contributed by atoms with van der Waals surface area (Å²) in [6, 6.07) is 1.76. The van der Waals surface area contributed by atoms with Crippen LogP contribution < -0.4 is 10.6 Å². The van der Waals surface area contributed by atoms with Crippen molar-refractivity contribution in [1.82, 2.24) is 29.9 Å². The van der Waals surface area contributed by atoms with Crippen LogP contribution in [0.5, 0.6) is 0 Å². The Labute approximate surface area is 193 Å². The van der Waals surface area contributed by atoms with Crippen LogP contribution >= 0.6 is 0 Å². The van der Waals surface area contributed by atoms with Crippen molar-refractivity contribution in [3.8, 4) is 0 Å². The normalized spacial score (nSPS) is 29.5. The van der Waals surface area contributed by atoms with Gasteiger partial charge in [-0.1, -0.05) is 0 Å². The van der Waals surface area contributed by atoms with Gasteiger partial charge >= 0.3 is 6.09 Å². The highest BCUT2D eigenvalue weighted by Crippen LogP contribution is 2.57. The number of halogens is 2. The minimum Gasteiger partial charge on any atom is -0.443 e. The van der Waals surface area contributed by atoms with Gasteiger partial charge in [0.15, 0.2) is 17.3 Å². The third-order valence-electron chi connectivity index (χ3n) is 7.16. The van der Waals surface area contributed by atoms with Crippen LogP contribution in [0.2, 0.25) is 0 Å². The number of aromatic nitrogens is 5. The van der Waals surface area contributed by atoms with Crippen LogP contribution in [0.1, 0.15) is 49.4 Å². The summed E-state index contributed by atoms with van der Waals surface area (Å²) in [4.78, 5) is 20.5. The molecule has 0 aromatic carbocycles. The predicted molar refractivity (Wildman–Crippen MR) is 116 cm³/mol. The zero-order valence-electron chi connectivity index (χ0n) is 18.6. The lowest BCUT2D eigenvalue weighted by molar-refractivity contribution is -0.0530. The monoisotopic (exact) mass is 473 g/mol. The van der Waals surface area contributed by atoms with Gasteiger partial charge in [-0.3, -0.25) is 9.50 Å². The summed E-state index contributed by atoms with van der Waals surface area (Å²) in [6.45, 7) is 0.238. The molecule has 0 unspecified atom stereocenters. The van der Waals surface area contributed by atoms with E-state index in [2.05, 4.69) is 30.8 Å². The number of H-pyrrole nitrogens is 1. The van der Waals surface area contributed by atoms with E-state index in [9.17, 15) is 13.6 Å². The van der Waals surface area contributed by atoms with Crippen LogP contribution in [0.3, 0.4) is 0 Å². The van der Waals surface area contributed by atoms with E-state index in [1.807, 2.05) is 0 Å². The maximum atomic E-state index is 14.6. The highest BCUT2D eigenvalue weighted by molar-refractivity contribution is 5.69. The number of rotatable bonds is 7. The molecule has 3 aromatic heterocycles. The lowest BCUT2D eigenvalue weighted by Gasteiger charge is -2.61. The first-order chi connectivity index (χ1) is 16.4. The number of nitrogens with one attached hydrogen (secondary N) is 3. The van der Waals surface area contributed by atoms with Crippen LogP contribution in [0.15, 0.2) is 18.5 Å². The van der Waals surface area contributed by atoms with Crippen molar-refractivity contribution in [3.05, 3.63) is 35.7 Å². The van der Waals surface area contributed by atoms with Gasteiger partial charge in [-0.15, -0.1) is 0 Å². The van der Waals surface area contributed by atoms with E-state index in [1.165, 1.54) is 11.5 Å². The number of nitrogens with zero attached hydrogens (tertiary/aromatic N) is 4. The molecule has 3 atom stereocenters. The number of carbonyl (C=O) groups excluding carboxylic acids is 1. The summed E-state index contributed by atoms with van der Waals surface area (Å²) in [7, 11) is 1.53. The zero-order chi connectivity index (χ0) is 23.4. The van der Waals surface area contributed by atoms with E-state index in [0.717, 1.165) is 37.1 Å². The molecule has 1 amide bonds. The molecule has 4 aliphatic carbocycles. The Balaban J connectivity index is 1.11. The summed E-state index contributed by atoms with van der Waals surface area (Å²) >= 11 is 0. The number of imidazole rings is 1. The largest absolute Gasteiger partial charge is 0.443 e. The number of aromatic amines is 1. The number of alkyl carbamates (subject to hydrolysis) is 1. The molecule has 180 valence electrons. The van der Waals surface area contributed by atoms with Crippen molar-refractivity contribution < 1.29 is 23.0 Å². The highest BCUT2D eigenvalue weighted by atomic mass is 19.1. The summed E-state index contributed by atoms with van der Waals surface area (Å²) in [5.74, 6) is 0.771. The van der Waals surface area contributed by atoms with Crippen LogP contribution in [0.4, 0.5) is 25.3 Å². The summed E-state index contributed by atoms with van der Waals surface area (Å²) < 4.78 is 40.7. The summed E-state index contributed by atoms with van der Waals surface area (Å²) in [6.07, 6.45) is 3.75. The van der Waals surface area contributed by atoms with E-state index in [-0.39, 0.29) is 30.1 Å². The van der Waals surface area contributed by atoms with Crippen LogP contribution in [-0.4, -0.2) is 55.6 Å². The van der Waals surface area contributed by atoms with Gasteiger partial charge < -0.3 is 20.1 Å². The van der Waals surface area contributed by atoms with Gasteiger partial charge in [0.25, 0.3) is 0 Å². The van der Waals surface area contributed by atoms with Crippen LogP contribution in [0.25, 0.3) is 5.65 Å². The van der Waals surface area contributed by atoms with Crippen molar-refractivity contribution >= 4 is 23.5 Å². The first-order valence-electron chi connectivity index (χ1n) is 11.4. The standard InChI is InChI=1S/C22H25F2N7O3/c1-33-10-13-9-31-19(26-13)15(24)8-25-20(31)27-18-4-16(29-30-18)12-2-14(23)17(3-12)34-21(32)28-22-5-11(6-22)7-22/h4,8-9,11-12,14,17H,2-3,5-7,10H2,1H3,(H,28,32)(H2,25,27,29,30)/t11?,12-,14+,17-,22?/m0/s1. The number of ether oxygens (including phenoxy) is 2. The Kier molecular flexibility index (Phi) is 4.94. The van der Waals surface area contributed by atoms with Crippen LogP contribution in [0, 0.1) is 11.7 Å². The van der Waals surface area contributed by atoms with Gasteiger partial charge in [-0.05, 0) is 38.0 Å². The molecule has 12 heteroatoms. The molecule has 34 heavy (non-hydrogen) atoms. The quantitative estimate of drug-likeness (QED) is 0.482. The number of amides is 1. The van der Waals surface area contributed by atoms with Gasteiger partial charge in [-0.25, -0.2) is 23.5 Å². The van der Waals surface area contributed by atoms with Crippen molar-refractivity contribution in [1.29, 1.82) is 0 Å². The maximum Gasteiger partial charge on any atom is 0.407 e. The minimum absolute atomic E-state index is 0.102. The average molecular weight is 473 g/mol. The third kappa shape index (κ3) is 3.65. The number of hydrogen-bond acceptors (Lipinski definition) is 7. The zero-order valence-corrected chi connectivity index (χ0v) is 18.6. The van der Waals surface area contributed by atoms with E-state index in [1.54, 1.807) is 12.3 Å². The molecular formula is C22H25F2N7O3. The number of fused-ring (bicyclic) bond motifs is 1. The minimum atomic E-state index is -1.24. The van der Waals surface area contributed by atoms with Crippen molar-refractivity contribution in [2.24, 2.45) is 5.92 Å². The fourth-order valence-corrected chi connectivity index (χ4v) is 5.37. The second kappa shape index (κ2) is 7.90. The molecule has 3 aromatic rings. The number of alkyl halides is 1. The molecule has 3 N–H and O–H groups in total. The van der Waals surface area contributed by atoms with E-state index in [4.69, 9.17) is 9.47 Å². The fraction of sp³-hybridized carbons (Fsp3) is 0.545. The number of carbonyl (C=O) groups is 1. The van der Waals surface area contributed by atoms with Gasteiger partial charge in [0, 0.05) is 36.5 Å². The second-order valence-electron chi connectivity index (χ2n) is 9.63. The van der Waals surface area contributed by atoms with Crippen molar-refractivity contribution in [2.75, 3.05) is 12.4 Å². The predicted octanol–water partition coefficient (Wildman–Crippen LogP) is 3.34. The molecule has 0 saturated heterocycles. The van der Waals surface area contributed by atoms with Crippen molar-refractivity contribution in [3.63, 3.8) is 0 Å². The van der Waals surface area contributed by atoms with Crippen LogP contribution in [-0.2, 0) is 16.1 Å². The Morgan fingerprint density at radius 2 is 2.18 bits per heavy atom. The Morgan fingerprint density at radius 1 is 1.35 bits per heavy atom. The van der Waals surface area contributed by atoms with Gasteiger partial charge in [0.05, 0.1) is 18.5 Å². The van der Waals surface area contributed by atoms with Crippen molar-refractivity contribution in [2.45, 2.75) is 62.4 Å². The Hall–Kier alpha value is -3.28. The second-order valence-corrected chi connectivity index (χ2v) is 9.63. The Morgan fingerprint density at radius 3 is 2.91 bits per heavy atom.